The molecule has 2 rings (SSSR count). The van der Waals surface area contributed by atoms with Crippen molar-refractivity contribution in [2.24, 2.45) is 5.14 Å². The number of carbonyl (C=O) groups is 1. The third kappa shape index (κ3) is 3.17. The molecule has 1 aromatic rings. The minimum absolute atomic E-state index is 0.0689. The van der Waals surface area contributed by atoms with E-state index in [2.05, 4.69) is 5.32 Å². The molecule has 1 aromatic carbocycles. The second kappa shape index (κ2) is 5.51. The number of amides is 1. The van der Waals surface area contributed by atoms with E-state index in [0.29, 0.717) is 0 Å². The van der Waals surface area contributed by atoms with Crippen molar-refractivity contribution in [1.29, 1.82) is 0 Å². The normalized spacial score (nSPS) is 21.2. The highest BCUT2D eigenvalue weighted by Crippen LogP contribution is 2.19. The van der Waals surface area contributed by atoms with E-state index in [9.17, 15) is 13.2 Å². The van der Waals surface area contributed by atoms with Gasteiger partial charge in [0.2, 0.25) is 15.9 Å². The number of hydrogen-bond acceptors (Lipinski definition) is 4. The summed E-state index contributed by atoms with van der Waals surface area (Å²) < 4.78 is 22.7. The summed E-state index contributed by atoms with van der Waals surface area (Å²) in [5, 5.41) is 8.35. The largest absolute Gasteiger partial charge is 0.344 e. The van der Waals surface area contributed by atoms with Crippen molar-refractivity contribution in [3.63, 3.8) is 0 Å². The summed E-state index contributed by atoms with van der Waals surface area (Å²) in [4.78, 5) is 13.6. The average molecular weight is 297 g/mol. The molecule has 0 aromatic heterocycles. The quantitative estimate of drug-likeness (QED) is 0.831. The standard InChI is InChI=1S/C13H19N3O3S/c1-9(15-12-6-7-16(2)13(12)17)10-4-3-5-11(8-10)20(14,18)19/h3-5,8-9,12,15H,6-7H2,1-2H3,(H2,14,18,19). The first-order chi connectivity index (χ1) is 9.29. The summed E-state index contributed by atoms with van der Waals surface area (Å²) in [7, 11) is -1.93. The maximum Gasteiger partial charge on any atom is 0.239 e. The minimum Gasteiger partial charge on any atom is -0.344 e. The van der Waals surface area contributed by atoms with Crippen LogP contribution in [-0.2, 0) is 14.8 Å². The van der Waals surface area contributed by atoms with E-state index in [1.165, 1.54) is 12.1 Å². The summed E-state index contributed by atoms with van der Waals surface area (Å²) in [6, 6.07) is 6.12. The summed E-state index contributed by atoms with van der Waals surface area (Å²) in [5.74, 6) is 0.0689. The molecule has 0 saturated carbocycles. The number of nitrogens with one attached hydrogen (secondary N) is 1. The molecule has 0 spiro atoms. The minimum atomic E-state index is -3.71. The molecule has 1 saturated heterocycles. The molecule has 20 heavy (non-hydrogen) atoms. The van der Waals surface area contributed by atoms with Gasteiger partial charge in [0.25, 0.3) is 0 Å². The number of benzene rings is 1. The first kappa shape index (κ1) is 15.0. The number of nitrogens with zero attached hydrogens (tertiary/aromatic N) is 1. The van der Waals surface area contributed by atoms with Gasteiger partial charge in [-0.1, -0.05) is 12.1 Å². The molecule has 2 atom stereocenters. The van der Waals surface area contributed by atoms with Crippen molar-refractivity contribution >= 4 is 15.9 Å². The number of likely N-dealkylation sites (N-methyl/N-ethyl adjacent to an activating group) is 1. The Balaban J connectivity index is 2.14. The summed E-state index contributed by atoms with van der Waals surface area (Å²) in [5.41, 5.74) is 0.791. The van der Waals surface area contributed by atoms with Gasteiger partial charge in [-0.2, -0.15) is 0 Å². The molecule has 2 unspecified atom stereocenters. The van der Waals surface area contributed by atoms with Gasteiger partial charge in [-0.05, 0) is 31.0 Å². The summed E-state index contributed by atoms with van der Waals surface area (Å²) in [6.07, 6.45) is 0.758. The Labute approximate surface area is 119 Å². The molecule has 1 aliphatic rings. The van der Waals surface area contributed by atoms with E-state index in [1.54, 1.807) is 18.0 Å². The fourth-order valence-corrected chi connectivity index (χ4v) is 2.90. The van der Waals surface area contributed by atoms with Gasteiger partial charge in [0, 0.05) is 19.6 Å². The highest BCUT2D eigenvalue weighted by molar-refractivity contribution is 7.89. The number of hydrogen-bond donors (Lipinski definition) is 2. The molecule has 1 heterocycles. The van der Waals surface area contributed by atoms with Crippen LogP contribution < -0.4 is 10.5 Å². The fourth-order valence-electron chi connectivity index (χ4n) is 2.34. The van der Waals surface area contributed by atoms with Crippen molar-refractivity contribution in [3.8, 4) is 0 Å². The van der Waals surface area contributed by atoms with Gasteiger partial charge < -0.3 is 4.90 Å². The lowest BCUT2D eigenvalue weighted by Crippen LogP contribution is -2.38. The van der Waals surface area contributed by atoms with Gasteiger partial charge in [0.05, 0.1) is 10.9 Å². The number of nitrogens with two attached hydrogens (primary N) is 1. The second-order valence-corrected chi connectivity index (χ2v) is 6.67. The van der Waals surface area contributed by atoms with Gasteiger partial charge in [0.15, 0.2) is 0 Å². The Morgan fingerprint density at radius 1 is 1.45 bits per heavy atom. The van der Waals surface area contributed by atoms with Gasteiger partial charge in [0.1, 0.15) is 0 Å². The molecule has 1 fully saturated rings. The SMILES string of the molecule is CC(NC1CCN(C)C1=O)c1cccc(S(N)(=O)=O)c1. The first-order valence-corrected chi connectivity index (χ1v) is 7.97. The maximum absolute atomic E-state index is 11.8. The van der Waals surface area contributed by atoms with E-state index in [4.69, 9.17) is 5.14 Å². The van der Waals surface area contributed by atoms with E-state index in [0.717, 1.165) is 18.5 Å². The topological polar surface area (TPSA) is 92.5 Å². The van der Waals surface area contributed by atoms with Crippen LogP contribution in [0.5, 0.6) is 0 Å². The van der Waals surface area contributed by atoms with Gasteiger partial charge >= 0.3 is 0 Å². The molecule has 110 valence electrons. The third-order valence-corrected chi connectivity index (χ3v) is 4.48. The van der Waals surface area contributed by atoms with Crippen molar-refractivity contribution in [2.75, 3.05) is 13.6 Å². The van der Waals surface area contributed by atoms with Gasteiger partial charge in [-0.25, -0.2) is 13.6 Å². The maximum atomic E-state index is 11.8. The molecular weight excluding hydrogens is 278 g/mol. The lowest BCUT2D eigenvalue weighted by molar-refractivity contribution is -0.128. The van der Waals surface area contributed by atoms with E-state index >= 15 is 0 Å². The lowest BCUT2D eigenvalue weighted by atomic mass is 10.1. The van der Waals surface area contributed by atoms with Crippen LogP contribution in [0, 0.1) is 0 Å². The molecule has 0 bridgehead atoms. The average Bonchev–Trinajstić information content (AvgIpc) is 2.70. The van der Waals surface area contributed by atoms with Crippen LogP contribution in [0.4, 0.5) is 0 Å². The fraction of sp³-hybridized carbons (Fsp3) is 0.462. The van der Waals surface area contributed by atoms with E-state index in [-0.39, 0.29) is 22.9 Å². The number of sulfonamides is 1. The third-order valence-electron chi connectivity index (χ3n) is 3.57. The van der Waals surface area contributed by atoms with Crippen LogP contribution in [-0.4, -0.2) is 38.9 Å². The van der Waals surface area contributed by atoms with Crippen LogP contribution in [0.3, 0.4) is 0 Å². The summed E-state index contributed by atoms with van der Waals surface area (Å²) >= 11 is 0. The smallest absolute Gasteiger partial charge is 0.239 e. The molecule has 1 amide bonds. The van der Waals surface area contributed by atoms with Gasteiger partial charge in [-0.3, -0.25) is 10.1 Å². The number of rotatable bonds is 4. The van der Waals surface area contributed by atoms with Crippen molar-refractivity contribution in [2.45, 2.75) is 30.3 Å². The number of primary sulfonamides is 1. The lowest BCUT2D eigenvalue weighted by Gasteiger charge is -2.19. The number of carbonyl (C=O) groups excluding carboxylic acids is 1. The Hall–Kier alpha value is -1.44. The molecular formula is C13H19N3O3S. The zero-order valence-corrected chi connectivity index (χ0v) is 12.4. The monoisotopic (exact) mass is 297 g/mol. The van der Waals surface area contributed by atoms with E-state index < -0.39 is 10.0 Å². The van der Waals surface area contributed by atoms with Crippen LogP contribution in [0.25, 0.3) is 0 Å². The first-order valence-electron chi connectivity index (χ1n) is 6.43. The molecule has 6 nitrogen and oxygen atoms in total. The van der Waals surface area contributed by atoms with Crippen molar-refractivity contribution in [1.82, 2.24) is 10.2 Å². The van der Waals surface area contributed by atoms with Crippen LogP contribution in [0.2, 0.25) is 0 Å². The molecule has 0 aliphatic carbocycles. The Bertz CT molecular complexity index is 615. The highest BCUT2D eigenvalue weighted by atomic mass is 32.2. The van der Waals surface area contributed by atoms with Crippen molar-refractivity contribution in [3.05, 3.63) is 29.8 Å². The zero-order valence-electron chi connectivity index (χ0n) is 11.5. The Kier molecular flexibility index (Phi) is 4.12. The van der Waals surface area contributed by atoms with E-state index in [1.807, 2.05) is 13.0 Å². The predicted molar refractivity (Wildman–Crippen MR) is 75.4 cm³/mol. The van der Waals surface area contributed by atoms with Crippen LogP contribution >= 0.6 is 0 Å². The number of likely N-dealkylation sites (tertiary alicyclic amines) is 1. The zero-order chi connectivity index (χ0) is 14.9. The van der Waals surface area contributed by atoms with Crippen LogP contribution in [0.15, 0.2) is 29.2 Å². The van der Waals surface area contributed by atoms with Crippen LogP contribution in [0.1, 0.15) is 24.9 Å². The molecule has 7 heteroatoms. The predicted octanol–water partition coefficient (Wildman–Crippen LogP) is 0.215. The highest BCUT2D eigenvalue weighted by Gasteiger charge is 2.30. The Morgan fingerprint density at radius 3 is 2.70 bits per heavy atom. The second-order valence-electron chi connectivity index (χ2n) is 5.11. The Morgan fingerprint density at radius 2 is 2.15 bits per heavy atom. The molecule has 3 N–H and O–H groups in total. The molecule has 0 radical (unpaired) electrons. The molecule has 1 aliphatic heterocycles. The van der Waals surface area contributed by atoms with Crippen molar-refractivity contribution < 1.29 is 13.2 Å². The van der Waals surface area contributed by atoms with Gasteiger partial charge in [-0.15, -0.1) is 0 Å². The summed E-state index contributed by atoms with van der Waals surface area (Å²) in [6.45, 7) is 2.63.